The fraction of sp³-hybridized carbons (Fsp3) is 0.917. The van der Waals surface area contributed by atoms with Crippen molar-refractivity contribution in [3.05, 3.63) is 0 Å². The quantitative estimate of drug-likeness (QED) is 0.554. The van der Waals surface area contributed by atoms with Gasteiger partial charge in [-0.1, -0.05) is 13.8 Å². The van der Waals surface area contributed by atoms with Gasteiger partial charge in [-0.15, -0.1) is 0 Å². The molecule has 0 aliphatic rings. The van der Waals surface area contributed by atoms with E-state index >= 15 is 0 Å². The van der Waals surface area contributed by atoms with Gasteiger partial charge in [0.15, 0.2) is 0 Å². The molecule has 0 aromatic rings. The minimum atomic E-state index is -0.530. The summed E-state index contributed by atoms with van der Waals surface area (Å²) < 4.78 is 0. The third kappa shape index (κ3) is 6.00. The molecule has 3 N–H and O–H groups in total. The molecule has 0 aromatic heterocycles. The molecule has 0 saturated heterocycles. The maximum atomic E-state index is 11.7. The van der Waals surface area contributed by atoms with E-state index in [1.165, 1.54) is 0 Å². The van der Waals surface area contributed by atoms with Gasteiger partial charge in [-0.3, -0.25) is 4.79 Å². The van der Waals surface area contributed by atoms with Gasteiger partial charge in [-0.05, 0) is 34.0 Å². The molecule has 0 aromatic carbocycles. The van der Waals surface area contributed by atoms with Gasteiger partial charge in [-0.2, -0.15) is 0 Å². The predicted octanol–water partition coefficient (Wildman–Crippen LogP) is -0.198. The van der Waals surface area contributed by atoms with Crippen LogP contribution in [0.2, 0.25) is 0 Å². The van der Waals surface area contributed by atoms with E-state index < -0.39 is 6.10 Å². The number of likely N-dealkylation sites (N-methyl/N-ethyl adjacent to an activating group) is 2. The van der Waals surface area contributed by atoms with Crippen LogP contribution < -0.4 is 10.6 Å². The summed E-state index contributed by atoms with van der Waals surface area (Å²) in [6.45, 7) is 7.25. The molecule has 1 amide bonds. The molecular formula is C12H27N3O2. The minimum Gasteiger partial charge on any atom is -0.390 e. The zero-order chi connectivity index (χ0) is 13.4. The first-order valence-electron chi connectivity index (χ1n) is 6.30. The van der Waals surface area contributed by atoms with E-state index in [2.05, 4.69) is 10.6 Å². The molecular weight excluding hydrogens is 218 g/mol. The number of carbonyl (C=O) groups excluding carboxylic acids is 1. The molecule has 0 radical (unpaired) electrons. The lowest BCUT2D eigenvalue weighted by Crippen LogP contribution is -2.51. The molecule has 17 heavy (non-hydrogen) atoms. The third-order valence-corrected chi connectivity index (χ3v) is 3.10. The normalized spacial score (nSPS) is 16.6. The Hall–Kier alpha value is -0.650. The smallest absolute Gasteiger partial charge is 0.237 e. The van der Waals surface area contributed by atoms with E-state index in [9.17, 15) is 9.90 Å². The van der Waals surface area contributed by atoms with Crippen LogP contribution in [-0.4, -0.2) is 61.3 Å². The van der Waals surface area contributed by atoms with Crippen LogP contribution in [0.4, 0.5) is 0 Å². The van der Waals surface area contributed by atoms with Crippen molar-refractivity contribution in [2.24, 2.45) is 0 Å². The van der Waals surface area contributed by atoms with Crippen LogP contribution in [0.1, 0.15) is 27.2 Å². The SMILES string of the molecule is CCC(NC(=O)C(C)NC)C(O)CN(C)CC. The number of hydrogen-bond acceptors (Lipinski definition) is 4. The molecule has 5 nitrogen and oxygen atoms in total. The van der Waals surface area contributed by atoms with Crippen molar-refractivity contribution in [1.82, 2.24) is 15.5 Å². The molecule has 102 valence electrons. The number of aliphatic hydroxyl groups excluding tert-OH is 1. The van der Waals surface area contributed by atoms with Crippen molar-refractivity contribution >= 4 is 5.91 Å². The summed E-state index contributed by atoms with van der Waals surface area (Å²) >= 11 is 0. The highest BCUT2D eigenvalue weighted by Gasteiger charge is 2.22. The van der Waals surface area contributed by atoms with Crippen LogP contribution in [0.15, 0.2) is 0 Å². The fourth-order valence-corrected chi connectivity index (χ4v) is 1.48. The van der Waals surface area contributed by atoms with E-state index in [-0.39, 0.29) is 18.0 Å². The van der Waals surface area contributed by atoms with Crippen molar-refractivity contribution < 1.29 is 9.90 Å². The minimum absolute atomic E-state index is 0.0717. The molecule has 0 aliphatic carbocycles. The van der Waals surface area contributed by atoms with Crippen molar-refractivity contribution in [1.29, 1.82) is 0 Å². The summed E-state index contributed by atoms with van der Waals surface area (Å²) in [5.74, 6) is -0.0717. The highest BCUT2D eigenvalue weighted by Crippen LogP contribution is 2.01. The summed E-state index contributed by atoms with van der Waals surface area (Å²) in [7, 11) is 3.69. The Balaban J connectivity index is 4.27. The molecule has 0 heterocycles. The van der Waals surface area contributed by atoms with Gasteiger partial charge in [0.2, 0.25) is 5.91 Å². The number of nitrogens with zero attached hydrogens (tertiary/aromatic N) is 1. The molecule has 0 saturated carbocycles. The lowest BCUT2D eigenvalue weighted by molar-refractivity contribution is -0.124. The lowest BCUT2D eigenvalue weighted by Gasteiger charge is -2.27. The van der Waals surface area contributed by atoms with Crippen LogP contribution in [-0.2, 0) is 4.79 Å². The van der Waals surface area contributed by atoms with Gasteiger partial charge in [0, 0.05) is 6.54 Å². The Morgan fingerprint density at radius 3 is 2.41 bits per heavy atom. The van der Waals surface area contributed by atoms with Crippen LogP contribution in [0.25, 0.3) is 0 Å². The van der Waals surface area contributed by atoms with Crippen LogP contribution in [0.3, 0.4) is 0 Å². The van der Waals surface area contributed by atoms with Crippen LogP contribution >= 0.6 is 0 Å². The maximum Gasteiger partial charge on any atom is 0.237 e. The first-order chi connectivity index (χ1) is 7.96. The van der Waals surface area contributed by atoms with Crippen molar-refractivity contribution in [3.63, 3.8) is 0 Å². The second-order valence-corrected chi connectivity index (χ2v) is 4.46. The first-order valence-corrected chi connectivity index (χ1v) is 6.30. The van der Waals surface area contributed by atoms with Crippen molar-refractivity contribution in [2.45, 2.75) is 45.4 Å². The Bertz CT molecular complexity index is 224. The third-order valence-electron chi connectivity index (χ3n) is 3.10. The largest absolute Gasteiger partial charge is 0.390 e. The Kier molecular flexibility index (Phi) is 8.12. The molecule has 0 fully saturated rings. The number of nitrogens with one attached hydrogen (secondary N) is 2. The maximum absolute atomic E-state index is 11.7. The predicted molar refractivity (Wildman–Crippen MR) is 69.9 cm³/mol. The summed E-state index contributed by atoms with van der Waals surface area (Å²) in [5.41, 5.74) is 0. The Morgan fingerprint density at radius 2 is 2.00 bits per heavy atom. The molecule has 0 rings (SSSR count). The standard InChI is InChI=1S/C12H27N3O2/c1-6-10(11(16)8-15(5)7-2)14-12(17)9(3)13-4/h9-11,13,16H,6-8H2,1-5H3,(H,14,17). The molecule has 3 atom stereocenters. The monoisotopic (exact) mass is 245 g/mol. The van der Waals surface area contributed by atoms with Gasteiger partial charge < -0.3 is 20.6 Å². The van der Waals surface area contributed by atoms with E-state index in [4.69, 9.17) is 0 Å². The van der Waals surface area contributed by atoms with Crippen LogP contribution in [0.5, 0.6) is 0 Å². The van der Waals surface area contributed by atoms with E-state index in [0.29, 0.717) is 6.54 Å². The number of carbonyl (C=O) groups is 1. The lowest BCUT2D eigenvalue weighted by atomic mass is 10.1. The second kappa shape index (κ2) is 8.44. The van der Waals surface area contributed by atoms with Crippen LogP contribution in [0, 0.1) is 0 Å². The fourth-order valence-electron chi connectivity index (χ4n) is 1.48. The van der Waals surface area contributed by atoms with E-state index in [1.807, 2.05) is 25.8 Å². The average Bonchev–Trinajstić information content (AvgIpc) is 2.33. The summed E-state index contributed by atoms with van der Waals surface area (Å²) in [5, 5.41) is 15.8. The van der Waals surface area contributed by atoms with E-state index in [1.54, 1.807) is 14.0 Å². The highest BCUT2D eigenvalue weighted by atomic mass is 16.3. The number of rotatable bonds is 8. The topological polar surface area (TPSA) is 64.6 Å². The number of hydrogen-bond donors (Lipinski definition) is 3. The molecule has 3 unspecified atom stereocenters. The van der Waals surface area contributed by atoms with Gasteiger partial charge in [0.1, 0.15) is 0 Å². The van der Waals surface area contributed by atoms with E-state index in [0.717, 1.165) is 13.0 Å². The van der Waals surface area contributed by atoms with Crippen molar-refractivity contribution in [3.8, 4) is 0 Å². The first kappa shape index (κ1) is 16.4. The molecule has 0 bridgehead atoms. The second-order valence-electron chi connectivity index (χ2n) is 4.46. The zero-order valence-corrected chi connectivity index (χ0v) is 11.7. The van der Waals surface area contributed by atoms with Gasteiger partial charge in [0.25, 0.3) is 0 Å². The van der Waals surface area contributed by atoms with Crippen molar-refractivity contribution in [2.75, 3.05) is 27.2 Å². The number of aliphatic hydroxyl groups is 1. The highest BCUT2D eigenvalue weighted by molar-refractivity contribution is 5.81. The Morgan fingerprint density at radius 1 is 1.41 bits per heavy atom. The Labute approximate surface area is 105 Å². The van der Waals surface area contributed by atoms with Gasteiger partial charge in [0.05, 0.1) is 18.2 Å². The number of amides is 1. The van der Waals surface area contributed by atoms with Gasteiger partial charge >= 0.3 is 0 Å². The van der Waals surface area contributed by atoms with Gasteiger partial charge in [-0.25, -0.2) is 0 Å². The molecule has 5 heteroatoms. The summed E-state index contributed by atoms with van der Waals surface area (Å²) in [4.78, 5) is 13.7. The summed E-state index contributed by atoms with van der Waals surface area (Å²) in [6.07, 6.45) is 0.193. The zero-order valence-electron chi connectivity index (χ0n) is 11.7. The average molecular weight is 245 g/mol. The molecule has 0 spiro atoms. The molecule has 0 aliphatic heterocycles. The summed E-state index contributed by atoms with van der Waals surface area (Å²) in [6, 6.07) is -0.424.